The SMILES string of the molecule is Cc1ccc(S(=O)(=O)O)cc1.N#C[C@@H]1CCCN1C(=O)[C@@H]1C[C@H](CCCO)CN1. The highest BCUT2D eigenvalue weighted by Crippen LogP contribution is 2.24. The zero-order valence-corrected chi connectivity index (χ0v) is 17.4. The zero-order valence-electron chi connectivity index (χ0n) is 16.6. The van der Waals surface area contributed by atoms with Crippen molar-refractivity contribution in [3.63, 3.8) is 0 Å². The molecule has 2 saturated heterocycles. The van der Waals surface area contributed by atoms with Crippen LogP contribution >= 0.6 is 0 Å². The molecule has 2 fully saturated rings. The number of likely N-dealkylation sites (tertiary alicyclic amines) is 1. The number of rotatable bonds is 5. The number of nitriles is 1. The van der Waals surface area contributed by atoms with Gasteiger partial charge >= 0.3 is 0 Å². The van der Waals surface area contributed by atoms with Crippen LogP contribution in [0.1, 0.15) is 37.7 Å². The van der Waals surface area contributed by atoms with Gasteiger partial charge in [-0.1, -0.05) is 17.7 Å². The number of aliphatic hydroxyl groups excluding tert-OH is 1. The molecule has 1 amide bonds. The average Bonchev–Trinajstić information content (AvgIpc) is 3.35. The fourth-order valence-corrected chi connectivity index (χ4v) is 4.15. The second kappa shape index (κ2) is 10.7. The number of nitrogens with zero attached hydrogens (tertiary/aromatic N) is 2. The van der Waals surface area contributed by atoms with Gasteiger partial charge in [0.15, 0.2) is 0 Å². The Morgan fingerprint density at radius 1 is 1.34 bits per heavy atom. The molecule has 0 saturated carbocycles. The van der Waals surface area contributed by atoms with E-state index in [4.69, 9.17) is 14.9 Å². The van der Waals surface area contributed by atoms with Crippen molar-refractivity contribution < 1.29 is 22.9 Å². The first kappa shape index (κ1) is 23.3. The molecule has 0 aliphatic carbocycles. The maximum Gasteiger partial charge on any atom is 0.294 e. The quantitative estimate of drug-likeness (QED) is 0.612. The lowest BCUT2D eigenvalue weighted by Gasteiger charge is -2.23. The van der Waals surface area contributed by atoms with E-state index in [2.05, 4.69) is 11.4 Å². The highest BCUT2D eigenvalue weighted by atomic mass is 32.2. The van der Waals surface area contributed by atoms with Gasteiger partial charge in [-0.25, -0.2) is 0 Å². The number of hydrogen-bond acceptors (Lipinski definition) is 6. The van der Waals surface area contributed by atoms with E-state index in [-0.39, 0.29) is 29.5 Å². The maximum atomic E-state index is 12.3. The third kappa shape index (κ3) is 6.78. The summed E-state index contributed by atoms with van der Waals surface area (Å²) < 4.78 is 29.6. The zero-order chi connectivity index (χ0) is 21.4. The summed E-state index contributed by atoms with van der Waals surface area (Å²) in [5, 5.41) is 21.1. The molecule has 2 aliphatic heterocycles. The Morgan fingerprint density at radius 3 is 2.62 bits per heavy atom. The van der Waals surface area contributed by atoms with Gasteiger partial charge in [-0.15, -0.1) is 0 Å². The van der Waals surface area contributed by atoms with Crippen LogP contribution in [0.25, 0.3) is 0 Å². The first-order valence-corrected chi connectivity index (χ1v) is 11.3. The molecular weight excluding hydrogens is 394 g/mol. The van der Waals surface area contributed by atoms with Gasteiger partial charge in [0.05, 0.1) is 17.0 Å². The van der Waals surface area contributed by atoms with Gasteiger partial charge in [0.1, 0.15) is 6.04 Å². The van der Waals surface area contributed by atoms with Crippen molar-refractivity contribution in [3.05, 3.63) is 29.8 Å². The predicted octanol–water partition coefficient (Wildman–Crippen LogP) is 1.49. The molecule has 2 heterocycles. The van der Waals surface area contributed by atoms with E-state index in [0.717, 1.165) is 50.8 Å². The van der Waals surface area contributed by atoms with Crippen molar-refractivity contribution >= 4 is 16.0 Å². The van der Waals surface area contributed by atoms with E-state index in [9.17, 15) is 13.2 Å². The number of nitrogens with one attached hydrogen (secondary N) is 1. The fourth-order valence-electron chi connectivity index (χ4n) is 3.67. The van der Waals surface area contributed by atoms with Gasteiger partial charge < -0.3 is 15.3 Å². The Bertz CT molecular complexity index is 820. The molecular formula is C20H29N3O5S. The topological polar surface area (TPSA) is 131 Å². The van der Waals surface area contributed by atoms with Gasteiger partial charge in [0.25, 0.3) is 10.1 Å². The summed E-state index contributed by atoms with van der Waals surface area (Å²) in [4.78, 5) is 14.0. The minimum atomic E-state index is -4.02. The van der Waals surface area contributed by atoms with Crippen LogP contribution in [0.4, 0.5) is 0 Å². The maximum absolute atomic E-state index is 12.3. The van der Waals surface area contributed by atoms with Crippen LogP contribution in [0.3, 0.4) is 0 Å². The van der Waals surface area contributed by atoms with Gasteiger partial charge in [0.2, 0.25) is 5.91 Å². The molecule has 0 radical (unpaired) electrons. The number of carbonyl (C=O) groups is 1. The van der Waals surface area contributed by atoms with Crippen LogP contribution in [-0.4, -0.2) is 60.7 Å². The number of aliphatic hydroxyl groups is 1. The number of hydrogen-bond donors (Lipinski definition) is 3. The first-order chi connectivity index (χ1) is 13.8. The minimum absolute atomic E-state index is 0.0666. The van der Waals surface area contributed by atoms with E-state index < -0.39 is 10.1 Å². The van der Waals surface area contributed by atoms with Crippen LogP contribution in [0.2, 0.25) is 0 Å². The van der Waals surface area contributed by atoms with Gasteiger partial charge in [0, 0.05) is 13.2 Å². The Hall–Kier alpha value is -1.99. The highest BCUT2D eigenvalue weighted by Gasteiger charge is 2.36. The van der Waals surface area contributed by atoms with Crippen LogP contribution < -0.4 is 5.32 Å². The van der Waals surface area contributed by atoms with Gasteiger partial charge in [-0.2, -0.15) is 13.7 Å². The summed E-state index contributed by atoms with van der Waals surface area (Å²) in [7, 11) is -4.02. The fraction of sp³-hybridized carbons (Fsp3) is 0.600. The Labute approximate surface area is 172 Å². The molecule has 1 aromatic rings. The Kier molecular flexibility index (Phi) is 8.59. The summed E-state index contributed by atoms with van der Waals surface area (Å²) in [6.07, 6.45) is 4.35. The molecule has 29 heavy (non-hydrogen) atoms. The van der Waals surface area contributed by atoms with E-state index in [0.29, 0.717) is 5.92 Å². The summed E-state index contributed by atoms with van der Waals surface area (Å²) in [6.45, 7) is 3.63. The number of benzene rings is 1. The number of carbonyl (C=O) groups excluding carboxylic acids is 1. The Balaban J connectivity index is 0.000000234. The minimum Gasteiger partial charge on any atom is -0.396 e. The third-order valence-electron chi connectivity index (χ3n) is 5.29. The largest absolute Gasteiger partial charge is 0.396 e. The number of amides is 1. The second-order valence-electron chi connectivity index (χ2n) is 7.54. The van der Waals surface area contributed by atoms with Crippen LogP contribution in [0, 0.1) is 24.2 Å². The smallest absolute Gasteiger partial charge is 0.294 e. The van der Waals surface area contributed by atoms with E-state index >= 15 is 0 Å². The average molecular weight is 424 g/mol. The summed E-state index contributed by atoms with van der Waals surface area (Å²) in [6, 6.07) is 7.85. The van der Waals surface area contributed by atoms with Crippen LogP contribution in [-0.2, 0) is 14.9 Å². The molecule has 2 aliphatic rings. The normalized spacial score (nSPS) is 23.9. The van der Waals surface area contributed by atoms with Crippen molar-refractivity contribution in [1.82, 2.24) is 10.2 Å². The predicted molar refractivity (Wildman–Crippen MR) is 108 cm³/mol. The molecule has 0 spiro atoms. The van der Waals surface area contributed by atoms with Crippen molar-refractivity contribution in [2.24, 2.45) is 5.92 Å². The molecule has 3 N–H and O–H groups in total. The lowest BCUT2D eigenvalue weighted by molar-refractivity contribution is -0.133. The molecule has 0 unspecified atom stereocenters. The van der Waals surface area contributed by atoms with Gasteiger partial charge in [-0.3, -0.25) is 9.35 Å². The first-order valence-electron chi connectivity index (χ1n) is 9.84. The molecule has 3 atom stereocenters. The Morgan fingerprint density at radius 2 is 2.03 bits per heavy atom. The third-order valence-corrected chi connectivity index (χ3v) is 6.16. The molecule has 9 heteroatoms. The molecule has 8 nitrogen and oxygen atoms in total. The lowest BCUT2D eigenvalue weighted by Crippen LogP contribution is -2.45. The van der Waals surface area contributed by atoms with Crippen molar-refractivity contribution in [2.45, 2.75) is 56.0 Å². The van der Waals surface area contributed by atoms with Gasteiger partial charge in [-0.05, 0) is 63.6 Å². The lowest BCUT2D eigenvalue weighted by atomic mass is 9.99. The van der Waals surface area contributed by atoms with E-state index in [1.165, 1.54) is 12.1 Å². The molecule has 1 aromatic carbocycles. The second-order valence-corrected chi connectivity index (χ2v) is 8.96. The van der Waals surface area contributed by atoms with Crippen LogP contribution in [0.15, 0.2) is 29.2 Å². The van der Waals surface area contributed by atoms with Crippen molar-refractivity contribution in [3.8, 4) is 6.07 Å². The molecule has 0 bridgehead atoms. The van der Waals surface area contributed by atoms with E-state index in [1.807, 2.05) is 6.92 Å². The van der Waals surface area contributed by atoms with E-state index in [1.54, 1.807) is 17.0 Å². The summed E-state index contributed by atoms with van der Waals surface area (Å²) in [5.41, 5.74) is 0.956. The van der Waals surface area contributed by atoms with Crippen LogP contribution in [0.5, 0.6) is 0 Å². The van der Waals surface area contributed by atoms with Crippen molar-refractivity contribution in [1.29, 1.82) is 5.26 Å². The highest BCUT2D eigenvalue weighted by molar-refractivity contribution is 7.85. The standard InChI is InChI=1S/C13H21N3O2.C7H8O3S/c14-8-11-4-1-5-16(11)13(18)12-7-10(9-15-12)3-2-6-17;1-6-2-4-7(5-3-6)11(8,9)10/h10-12,15,17H,1-7,9H2;2-5H,1H3,(H,8,9,10)/t10-,11-,12-;/m0./s1. The molecule has 0 aromatic heterocycles. The molecule has 160 valence electrons. The summed E-state index contributed by atoms with van der Waals surface area (Å²) in [5.74, 6) is 0.569. The molecule has 3 rings (SSSR count). The summed E-state index contributed by atoms with van der Waals surface area (Å²) >= 11 is 0. The van der Waals surface area contributed by atoms with Crippen molar-refractivity contribution in [2.75, 3.05) is 19.7 Å². The number of aryl methyl sites for hydroxylation is 1. The monoisotopic (exact) mass is 423 g/mol.